The number of hydrogen-bond acceptors (Lipinski definition) is 2. The van der Waals surface area contributed by atoms with Crippen LogP contribution in [0.2, 0.25) is 0 Å². The molecule has 0 amide bonds. The second-order valence-corrected chi connectivity index (χ2v) is 7.56. The van der Waals surface area contributed by atoms with Crippen molar-refractivity contribution in [2.24, 2.45) is 64.6 Å². The summed E-state index contributed by atoms with van der Waals surface area (Å²) in [4.78, 5) is 23.6. The highest BCUT2D eigenvalue weighted by atomic mass is 16.4. The summed E-state index contributed by atoms with van der Waals surface area (Å²) in [5.41, 5.74) is -1.40. The fraction of sp³-hybridized carbons (Fsp3) is 0.857. The number of carbonyl (C=O) groups is 2. The molecule has 7 aliphatic carbocycles. The fourth-order valence-corrected chi connectivity index (χ4v) is 8.63. The first-order valence-corrected chi connectivity index (χ1v) is 7.08. The topological polar surface area (TPSA) is 74.6 Å². The van der Waals surface area contributed by atoms with Crippen molar-refractivity contribution in [3.63, 3.8) is 0 Å². The monoisotopic (exact) mass is 246 g/mol. The first-order valence-electron chi connectivity index (χ1n) is 7.08. The van der Waals surface area contributed by atoms with Crippen molar-refractivity contribution in [3.8, 4) is 0 Å². The number of rotatable bonds is 2. The third-order valence-corrected chi connectivity index (χ3v) is 8.16. The van der Waals surface area contributed by atoms with E-state index in [2.05, 4.69) is 0 Å². The van der Waals surface area contributed by atoms with Crippen molar-refractivity contribution < 1.29 is 19.8 Å². The lowest BCUT2D eigenvalue weighted by molar-refractivity contribution is -0.169. The lowest BCUT2D eigenvalue weighted by Gasteiger charge is -2.44. The smallest absolute Gasteiger partial charge is 0.321 e. The van der Waals surface area contributed by atoms with Crippen LogP contribution in [0.1, 0.15) is 6.42 Å². The van der Waals surface area contributed by atoms with E-state index in [9.17, 15) is 19.8 Å². The van der Waals surface area contributed by atoms with Crippen LogP contribution in [-0.2, 0) is 9.59 Å². The summed E-state index contributed by atoms with van der Waals surface area (Å²) in [7, 11) is 0. The lowest BCUT2D eigenvalue weighted by Crippen LogP contribution is -2.45. The maximum absolute atomic E-state index is 11.8. The van der Waals surface area contributed by atoms with Gasteiger partial charge < -0.3 is 10.2 Å². The first kappa shape index (κ1) is 8.94. The van der Waals surface area contributed by atoms with E-state index in [1.54, 1.807) is 0 Å². The molecule has 4 heteroatoms. The zero-order chi connectivity index (χ0) is 12.1. The molecule has 7 saturated carbocycles. The van der Waals surface area contributed by atoms with Gasteiger partial charge in [-0.1, -0.05) is 0 Å². The average Bonchev–Trinajstić information content (AvgIpc) is 2.85. The highest BCUT2D eigenvalue weighted by Gasteiger charge is 2.95. The van der Waals surface area contributed by atoms with Gasteiger partial charge in [0.15, 0.2) is 5.41 Å². The Morgan fingerprint density at radius 3 is 1.61 bits per heavy atom. The second kappa shape index (κ2) is 2.02. The number of carboxylic acids is 2. The molecule has 18 heavy (non-hydrogen) atoms. The summed E-state index contributed by atoms with van der Waals surface area (Å²) in [6.07, 6.45) is 1.29. The summed E-state index contributed by atoms with van der Waals surface area (Å²) >= 11 is 0. The molecule has 0 radical (unpaired) electrons. The van der Waals surface area contributed by atoms with Crippen LogP contribution >= 0.6 is 0 Å². The van der Waals surface area contributed by atoms with Gasteiger partial charge in [-0.2, -0.15) is 0 Å². The molecule has 0 heterocycles. The Bertz CT molecular complexity index is 502. The molecule has 0 aromatic heterocycles. The number of carboxylic acid groups (broad SMARTS) is 2. The minimum atomic E-state index is -1.40. The summed E-state index contributed by atoms with van der Waals surface area (Å²) in [6.45, 7) is 0. The van der Waals surface area contributed by atoms with Crippen LogP contribution in [-0.4, -0.2) is 22.2 Å². The van der Waals surface area contributed by atoms with Crippen molar-refractivity contribution in [3.05, 3.63) is 0 Å². The van der Waals surface area contributed by atoms with Crippen LogP contribution in [0.3, 0.4) is 0 Å². The molecule has 4 bridgehead atoms. The molecule has 94 valence electrons. The Morgan fingerprint density at radius 2 is 1.22 bits per heavy atom. The van der Waals surface area contributed by atoms with Gasteiger partial charge in [-0.15, -0.1) is 0 Å². The molecule has 0 aromatic rings. The Balaban J connectivity index is 1.69. The van der Waals surface area contributed by atoms with Crippen molar-refractivity contribution in [1.82, 2.24) is 0 Å². The summed E-state index contributed by atoms with van der Waals surface area (Å²) in [6, 6.07) is 0. The van der Waals surface area contributed by atoms with E-state index in [0.717, 1.165) is 11.8 Å². The zero-order valence-corrected chi connectivity index (χ0v) is 9.69. The maximum Gasteiger partial charge on any atom is 0.321 e. The van der Waals surface area contributed by atoms with E-state index >= 15 is 0 Å². The minimum Gasteiger partial charge on any atom is -0.480 e. The molecule has 4 nitrogen and oxygen atoms in total. The SMILES string of the molecule is O=C(O)C1(C(=O)O)C2C3C4C5C3[C@H]3C[C@@H]5C(C23)C41. The van der Waals surface area contributed by atoms with Crippen LogP contribution in [0, 0.1) is 64.6 Å². The highest BCUT2D eigenvalue weighted by molar-refractivity contribution is 6.01. The molecule has 7 aliphatic rings. The third-order valence-electron chi connectivity index (χ3n) is 8.16. The van der Waals surface area contributed by atoms with E-state index in [0.29, 0.717) is 35.5 Å². The Kier molecular flexibility index (Phi) is 1.00. The quantitative estimate of drug-likeness (QED) is 0.706. The molecular formula is C14H14O4. The molecule has 8 unspecified atom stereocenters. The van der Waals surface area contributed by atoms with Crippen LogP contribution in [0.25, 0.3) is 0 Å². The van der Waals surface area contributed by atoms with Crippen molar-refractivity contribution in [2.45, 2.75) is 6.42 Å². The standard InChI is InChI=1S/C14H14O4/c15-12(16)14(13(17)18)10-6-2-1-3-5-4(2)8(10)9(5)11(14)7(3)6/h2-11H,1H2,(H,15,16)(H,17,18)/t2-,3+,4?,5?,6?,7?,8?,9?,10?,11?. The van der Waals surface area contributed by atoms with E-state index in [1.807, 2.05) is 0 Å². The highest BCUT2D eigenvalue weighted by Crippen LogP contribution is 2.94. The molecule has 0 saturated heterocycles. The van der Waals surface area contributed by atoms with E-state index in [4.69, 9.17) is 0 Å². The van der Waals surface area contributed by atoms with Gasteiger partial charge in [-0.05, 0) is 65.6 Å². The Morgan fingerprint density at radius 1 is 0.778 bits per heavy atom. The van der Waals surface area contributed by atoms with Gasteiger partial charge in [0, 0.05) is 0 Å². The lowest BCUT2D eigenvalue weighted by atomic mass is 9.60. The molecule has 2 N–H and O–H groups in total. The minimum absolute atomic E-state index is 0.0220. The maximum atomic E-state index is 11.8. The fourth-order valence-electron chi connectivity index (χ4n) is 8.63. The Hall–Kier alpha value is -1.06. The van der Waals surface area contributed by atoms with Crippen LogP contribution < -0.4 is 0 Å². The first-order chi connectivity index (χ1) is 8.61. The average molecular weight is 246 g/mol. The van der Waals surface area contributed by atoms with Crippen molar-refractivity contribution in [1.29, 1.82) is 0 Å². The van der Waals surface area contributed by atoms with Crippen molar-refractivity contribution in [2.75, 3.05) is 0 Å². The third kappa shape index (κ3) is 0.466. The molecule has 0 spiro atoms. The van der Waals surface area contributed by atoms with Gasteiger partial charge in [0.25, 0.3) is 0 Å². The molecule has 0 aromatic carbocycles. The normalized spacial score (nSPS) is 69.1. The molecule has 7 rings (SSSR count). The summed E-state index contributed by atoms with van der Waals surface area (Å²) in [5, 5.41) is 19.3. The van der Waals surface area contributed by atoms with E-state index in [-0.39, 0.29) is 11.8 Å². The van der Waals surface area contributed by atoms with Gasteiger partial charge in [0.05, 0.1) is 0 Å². The van der Waals surface area contributed by atoms with Crippen LogP contribution in [0.5, 0.6) is 0 Å². The van der Waals surface area contributed by atoms with Gasteiger partial charge in [0.1, 0.15) is 0 Å². The molecular weight excluding hydrogens is 232 g/mol. The molecule has 0 aliphatic heterocycles. The predicted molar refractivity (Wildman–Crippen MR) is 57.2 cm³/mol. The van der Waals surface area contributed by atoms with Gasteiger partial charge >= 0.3 is 11.9 Å². The molecule has 7 fully saturated rings. The zero-order valence-electron chi connectivity index (χ0n) is 9.69. The summed E-state index contributed by atoms with van der Waals surface area (Å²) in [5.74, 6) is 2.56. The second-order valence-electron chi connectivity index (χ2n) is 7.56. The Labute approximate surface area is 103 Å². The number of hydrogen-bond donors (Lipinski definition) is 2. The van der Waals surface area contributed by atoms with Gasteiger partial charge in [0.2, 0.25) is 0 Å². The largest absolute Gasteiger partial charge is 0.480 e. The molecule has 10 atom stereocenters. The van der Waals surface area contributed by atoms with Crippen molar-refractivity contribution >= 4 is 11.9 Å². The van der Waals surface area contributed by atoms with Crippen LogP contribution in [0.15, 0.2) is 0 Å². The van der Waals surface area contributed by atoms with E-state index in [1.165, 1.54) is 6.42 Å². The predicted octanol–water partition coefficient (Wildman–Crippen LogP) is 0.776. The van der Waals surface area contributed by atoms with Crippen LogP contribution in [0.4, 0.5) is 0 Å². The van der Waals surface area contributed by atoms with Gasteiger partial charge in [-0.3, -0.25) is 9.59 Å². The summed E-state index contributed by atoms with van der Waals surface area (Å²) < 4.78 is 0. The van der Waals surface area contributed by atoms with E-state index < -0.39 is 17.4 Å². The number of aliphatic carboxylic acids is 2. The van der Waals surface area contributed by atoms with Gasteiger partial charge in [-0.25, -0.2) is 0 Å².